The molecule has 0 spiro atoms. The number of aliphatic hydroxyl groups is 1. The van der Waals surface area contributed by atoms with Crippen molar-refractivity contribution in [3.8, 4) is 0 Å². The van der Waals surface area contributed by atoms with Crippen molar-refractivity contribution in [2.24, 2.45) is 11.8 Å². The smallest absolute Gasteiger partial charge is 0.314 e. The van der Waals surface area contributed by atoms with Crippen LogP contribution in [0.2, 0.25) is 0 Å². The summed E-state index contributed by atoms with van der Waals surface area (Å²) >= 11 is 0. The molecule has 0 aromatic heterocycles. The number of piperidine rings is 1. The molecule has 136 valence electrons. The van der Waals surface area contributed by atoms with Crippen LogP contribution in [-0.2, 0) is 0 Å². The maximum atomic E-state index is 11.9. The fraction of sp³-hybridized carbons (Fsp3) is 0.944. The molecule has 0 aromatic rings. The van der Waals surface area contributed by atoms with Crippen molar-refractivity contribution in [3.63, 3.8) is 0 Å². The van der Waals surface area contributed by atoms with Gasteiger partial charge in [-0.2, -0.15) is 0 Å². The van der Waals surface area contributed by atoms with E-state index in [-0.39, 0.29) is 6.03 Å². The molecule has 0 radical (unpaired) electrons. The molecule has 0 aliphatic carbocycles. The zero-order valence-corrected chi connectivity index (χ0v) is 15.7. The lowest BCUT2D eigenvalue weighted by atomic mass is 9.95. The number of urea groups is 1. The van der Waals surface area contributed by atoms with E-state index in [1.54, 1.807) is 6.92 Å². The molecular weight excluding hydrogens is 290 g/mol. The first kappa shape index (κ1) is 20.2. The van der Waals surface area contributed by atoms with Crippen LogP contribution in [0.4, 0.5) is 4.79 Å². The Morgan fingerprint density at radius 2 is 2.00 bits per heavy atom. The third-order valence-electron chi connectivity index (χ3n) is 4.72. The quantitative estimate of drug-likeness (QED) is 0.642. The third-order valence-corrected chi connectivity index (χ3v) is 4.72. The van der Waals surface area contributed by atoms with E-state index in [1.165, 1.54) is 19.4 Å². The molecule has 1 fully saturated rings. The maximum absolute atomic E-state index is 11.9. The summed E-state index contributed by atoms with van der Waals surface area (Å²) in [5.41, 5.74) is -0.832. The van der Waals surface area contributed by atoms with E-state index in [0.717, 1.165) is 13.0 Å². The lowest BCUT2D eigenvalue weighted by Gasteiger charge is -2.35. The highest BCUT2D eigenvalue weighted by atomic mass is 16.3. The summed E-state index contributed by atoms with van der Waals surface area (Å²) in [5, 5.41) is 16.0. The average Bonchev–Trinajstić information content (AvgIpc) is 2.49. The highest BCUT2D eigenvalue weighted by Gasteiger charge is 2.23. The van der Waals surface area contributed by atoms with Crippen LogP contribution in [-0.4, -0.2) is 53.9 Å². The number of hydrogen-bond acceptors (Lipinski definition) is 3. The van der Waals surface area contributed by atoms with Gasteiger partial charge in [0.05, 0.1) is 5.60 Å². The molecule has 5 heteroatoms. The molecule has 2 atom stereocenters. The molecule has 2 amide bonds. The van der Waals surface area contributed by atoms with Gasteiger partial charge in [0.2, 0.25) is 0 Å². The van der Waals surface area contributed by atoms with Gasteiger partial charge in [0.25, 0.3) is 0 Å². The molecule has 0 bridgehead atoms. The van der Waals surface area contributed by atoms with E-state index in [2.05, 4.69) is 43.2 Å². The van der Waals surface area contributed by atoms with Gasteiger partial charge in [-0.05, 0) is 64.8 Å². The van der Waals surface area contributed by atoms with Gasteiger partial charge in [0.1, 0.15) is 0 Å². The van der Waals surface area contributed by atoms with Crippen LogP contribution in [0.3, 0.4) is 0 Å². The Balaban J connectivity index is 2.23. The van der Waals surface area contributed by atoms with Crippen LogP contribution in [0.15, 0.2) is 0 Å². The van der Waals surface area contributed by atoms with Gasteiger partial charge in [-0.1, -0.05) is 13.8 Å². The SMILES string of the molecule is CC(C)CCC(C)(O)CNC(=O)NCC1CCCN(C(C)C)C1. The second-order valence-electron chi connectivity index (χ2n) is 8.09. The average molecular weight is 328 g/mol. The molecule has 0 aromatic carbocycles. The molecule has 3 N–H and O–H groups in total. The van der Waals surface area contributed by atoms with Crippen LogP contribution in [0.5, 0.6) is 0 Å². The minimum Gasteiger partial charge on any atom is -0.388 e. The highest BCUT2D eigenvalue weighted by molar-refractivity contribution is 5.73. The van der Waals surface area contributed by atoms with Crippen LogP contribution >= 0.6 is 0 Å². The predicted molar refractivity (Wildman–Crippen MR) is 95.5 cm³/mol. The summed E-state index contributed by atoms with van der Waals surface area (Å²) in [6, 6.07) is 0.402. The Labute approximate surface area is 142 Å². The van der Waals surface area contributed by atoms with E-state index in [4.69, 9.17) is 0 Å². The fourth-order valence-electron chi connectivity index (χ4n) is 2.99. The summed E-state index contributed by atoms with van der Waals surface area (Å²) in [6.45, 7) is 13.8. The van der Waals surface area contributed by atoms with Gasteiger partial charge in [-0.25, -0.2) is 4.79 Å². The number of likely N-dealkylation sites (tertiary alicyclic amines) is 1. The van der Waals surface area contributed by atoms with Crippen LogP contribution in [0.1, 0.15) is 60.3 Å². The summed E-state index contributed by atoms with van der Waals surface area (Å²) in [5.74, 6) is 1.09. The molecule has 1 saturated heterocycles. The van der Waals surface area contributed by atoms with E-state index >= 15 is 0 Å². The summed E-state index contributed by atoms with van der Waals surface area (Å²) in [4.78, 5) is 14.4. The monoisotopic (exact) mass is 327 g/mol. The van der Waals surface area contributed by atoms with Crippen molar-refractivity contribution in [1.29, 1.82) is 0 Å². The number of rotatable bonds is 8. The standard InChI is InChI=1S/C18H37N3O2/c1-14(2)8-9-18(5,23)13-20-17(22)19-11-16-7-6-10-21(12-16)15(3)4/h14-16,23H,6-13H2,1-5H3,(H2,19,20,22). The van der Waals surface area contributed by atoms with Gasteiger partial charge in [0, 0.05) is 25.7 Å². The van der Waals surface area contributed by atoms with Crippen molar-refractivity contribution >= 4 is 6.03 Å². The van der Waals surface area contributed by atoms with Crippen LogP contribution < -0.4 is 10.6 Å². The van der Waals surface area contributed by atoms with E-state index < -0.39 is 5.60 Å². The zero-order chi connectivity index (χ0) is 17.5. The zero-order valence-electron chi connectivity index (χ0n) is 15.7. The molecule has 1 aliphatic rings. The Hall–Kier alpha value is -0.810. The number of nitrogens with one attached hydrogen (secondary N) is 2. The molecule has 1 aliphatic heterocycles. The number of amides is 2. The molecule has 2 unspecified atom stereocenters. The normalized spacial score (nSPS) is 22.2. The van der Waals surface area contributed by atoms with Gasteiger partial charge in [0.15, 0.2) is 0 Å². The van der Waals surface area contributed by atoms with Crippen molar-refractivity contribution in [1.82, 2.24) is 15.5 Å². The topological polar surface area (TPSA) is 64.6 Å². The van der Waals surface area contributed by atoms with Gasteiger partial charge >= 0.3 is 6.03 Å². The van der Waals surface area contributed by atoms with Crippen molar-refractivity contribution in [2.45, 2.75) is 71.9 Å². The van der Waals surface area contributed by atoms with E-state index in [1.807, 2.05) is 0 Å². The van der Waals surface area contributed by atoms with Crippen molar-refractivity contribution < 1.29 is 9.90 Å². The minimum absolute atomic E-state index is 0.170. The van der Waals surface area contributed by atoms with Crippen LogP contribution in [0.25, 0.3) is 0 Å². The molecule has 0 saturated carbocycles. The number of carbonyl (C=O) groups is 1. The number of hydrogen-bond donors (Lipinski definition) is 3. The van der Waals surface area contributed by atoms with Crippen molar-refractivity contribution in [2.75, 3.05) is 26.2 Å². The Morgan fingerprint density at radius 1 is 1.30 bits per heavy atom. The minimum atomic E-state index is -0.832. The van der Waals surface area contributed by atoms with Gasteiger partial charge in [-0.15, -0.1) is 0 Å². The number of nitrogens with zero attached hydrogens (tertiary/aromatic N) is 1. The molecule has 5 nitrogen and oxygen atoms in total. The first-order chi connectivity index (χ1) is 10.7. The van der Waals surface area contributed by atoms with Crippen molar-refractivity contribution in [3.05, 3.63) is 0 Å². The molecule has 23 heavy (non-hydrogen) atoms. The second kappa shape index (κ2) is 9.48. The molecule has 1 heterocycles. The Kier molecular flexibility index (Phi) is 8.34. The lowest BCUT2D eigenvalue weighted by Crippen LogP contribution is -2.48. The first-order valence-electron chi connectivity index (χ1n) is 9.17. The fourth-order valence-corrected chi connectivity index (χ4v) is 2.99. The van der Waals surface area contributed by atoms with Crippen LogP contribution in [0, 0.1) is 11.8 Å². The second-order valence-corrected chi connectivity index (χ2v) is 8.09. The largest absolute Gasteiger partial charge is 0.388 e. The summed E-state index contributed by atoms with van der Waals surface area (Å²) in [7, 11) is 0. The highest BCUT2D eigenvalue weighted by Crippen LogP contribution is 2.18. The van der Waals surface area contributed by atoms with Gasteiger partial charge in [-0.3, -0.25) is 0 Å². The van der Waals surface area contributed by atoms with Gasteiger partial charge < -0.3 is 20.6 Å². The molecule has 1 rings (SSSR count). The molecular formula is C18H37N3O2. The number of carbonyl (C=O) groups excluding carboxylic acids is 1. The lowest BCUT2D eigenvalue weighted by molar-refractivity contribution is 0.0475. The first-order valence-corrected chi connectivity index (χ1v) is 9.17. The maximum Gasteiger partial charge on any atom is 0.314 e. The van der Waals surface area contributed by atoms with E-state index in [9.17, 15) is 9.90 Å². The van der Waals surface area contributed by atoms with E-state index in [0.29, 0.717) is 37.4 Å². The third kappa shape index (κ3) is 8.56. The summed E-state index contributed by atoms with van der Waals surface area (Å²) in [6.07, 6.45) is 4.05. The Morgan fingerprint density at radius 3 is 2.61 bits per heavy atom. The predicted octanol–water partition coefficient (Wildman–Crippen LogP) is 2.59. The Bertz CT molecular complexity index is 356. The summed E-state index contributed by atoms with van der Waals surface area (Å²) < 4.78 is 0.